The van der Waals surface area contributed by atoms with Gasteiger partial charge in [0.05, 0.1) is 18.6 Å². The fraction of sp³-hybridized carbons (Fsp3) is 0.526. The number of H-pyrrole nitrogens is 1. The average Bonchev–Trinajstić information content (AvgIpc) is 3.25. The highest BCUT2D eigenvalue weighted by Crippen LogP contribution is 2.32. The van der Waals surface area contributed by atoms with Crippen LogP contribution in [0.15, 0.2) is 24.4 Å². The fourth-order valence-electron chi connectivity index (χ4n) is 4.38. The molecule has 2 N–H and O–H groups in total. The number of aliphatic carboxylic acids is 1. The predicted octanol–water partition coefficient (Wildman–Crippen LogP) is 1.11. The summed E-state index contributed by atoms with van der Waals surface area (Å²) in [4.78, 5) is 19.4. The summed E-state index contributed by atoms with van der Waals surface area (Å²) in [5, 5.41) is 10.8. The van der Waals surface area contributed by atoms with Gasteiger partial charge in [-0.25, -0.2) is 8.42 Å². The minimum Gasteiger partial charge on any atom is -0.497 e. The third-order valence-electron chi connectivity index (χ3n) is 5.89. The van der Waals surface area contributed by atoms with Crippen molar-refractivity contribution in [1.82, 2.24) is 14.8 Å². The van der Waals surface area contributed by atoms with Crippen molar-refractivity contribution in [2.45, 2.75) is 18.5 Å². The molecule has 2 atom stereocenters. The van der Waals surface area contributed by atoms with Gasteiger partial charge < -0.3 is 14.8 Å². The molecule has 28 heavy (non-hydrogen) atoms. The zero-order chi connectivity index (χ0) is 19.9. The van der Waals surface area contributed by atoms with Gasteiger partial charge in [-0.1, -0.05) is 0 Å². The van der Waals surface area contributed by atoms with Gasteiger partial charge in [0, 0.05) is 54.9 Å². The largest absolute Gasteiger partial charge is 0.497 e. The number of sulfone groups is 1. The molecule has 0 spiro atoms. The van der Waals surface area contributed by atoms with Gasteiger partial charge in [-0.2, -0.15) is 0 Å². The number of fused-ring (bicyclic) bond motifs is 1. The van der Waals surface area contributed by atoms with E-state index in [1.165, 1.54) is 0 Å². The number of aromatic amines is 1. The van der Waals surface area contributed by atoms with Crippen LogP contribution in [-0.4, -0.2) is 85.1 Å². The first kappa shape index (κ1) is 19.2. The summed E-state index contributed by atoms with van der Waals surface area (Å²) < 4.78 is 28.8. The Morgan fingerprint density at radius 2 is 2.04 bits per heavy atom. The highest BCUT2D eigenvalue weighted by Gasteiger charge is 2.37. The molecule has 4 rings (SSSR count). The predicted molar refractivity (Wildman–Crippen MR) is 105 cm³/mol. The lowest BCUT2D eigenvalue weighted by Gasteiger charge is -2.39. The number of rotatable bonds is 5. The molecule has 0 amide bonds. The number of carboxylic acids is 1. The molecular formula is C19H25N3O5S. The fourth-order valence-corrected chi connectivity index (χ4v) is 6.15. The standard InChI is InChI=1S/C19H25N3O5S/c1-27-14-2-3-17-15(10-14)16(11-20-17)18(19(23)24)22-7-5-21(6-8-22)13-4-9-28(25,26)12-13/h2-3,10-11,13,18,20H,4-9,12H2,1H3,(H,23,24)/t13-,18+/m1/s1. The summed E-state index contributed by atoms with van der Waals surface area (Å²) in [6.07, 6.45) is 2.44. The summed E-state index contributed by atoms with van der Waals surface area (Å²) in [5.74, 6) is 0.273. The summed E-state index contributed by atoms with van der Waals surface area (Å²) in [6.45, 7) is 2.53. The zero-order valence-electron chi connectivity index (χ0n) is 15.8. The van der Waals surface area contributed by atoms with Gasteiger partial charge in [-0.05, 0) is 24.6 Å². The van der Waals surface area contributed by atoms with E-state index in [-0.39, 0.29) is 17.5 Å². The lowest BCUT2D eigenvalue weighted by atomic mass is 10.0. The van der Waals surface area contributed by atoms with Gasteiger partial charge in [0.15, 0.2) is 9.84 Å². The Bertz CT molecular complexity index is 979. The van der Waals surface area contributed by atoms with Crippen LogP contribution in [0, 0.1) is 0 Å². The van der Waals surface area contributed by atoms with Gasteiger partial charge in [0.2, 0.25) is 0 Å². The number of ether oxygens (including phenoxy) is 1. The van der Waals surface area contributed by atoms with E-state index in [0.717, 1.165) is 16.5 Å². The number of aromatic nitrogens is 1. The minimum atomic E-state index is -2.92. The number of nitrogens with zero attached hydrogens (tertiary/aromatic N) is 2. The molecule has 0 aliphatic carbocycles. The summed E-state index contributed by atoms with van der Waals surface area (Å²) in [5.41, 5.74) is 1.59. The Morgan fingerprint density at radius 3 is 2.64 bits per heavy atom. The number of hydrogen-bond donors (Lipinski definition) is 2. The number of carboxylic acid groups (broad SMARTS) is 1. The molecule has 1 aromatic carbocycles. The smallest absolute Gasteiger partial charge is 0.325 e. The van der Waals surface area contributed by atoms with E-state index in [1.54, 1.807) is 13.3 Å². The molecule has 1 aromatic heterocycles. The molecular weight excluding hydrogens is 382 g/mol. The van der Waals surface area contributed by atoms with Gasteiger partial charge >= 0.3 is 5.97 Å². The first-order valence-corrected chi connectivity index (χ1v) is 11.3. The molecule has 2 aliphatic heterocycles. The Balaban J connectivity index is 1.53. The van der Waals surface area contributed by atoms with E-state index in [0.29, 0.717) is 38.3 Å². The quantitative estimate of drug-likeness (QED) is 0.765. The monoisotopic (exact) mass is 407 g/mol. The van der Waals surface area contributed by atoms with Crippen molar-refractivity contribution in [2.75, 3.05) is 44.8 Å². The second-order valence-electron chi connectivity index (χ2n) is 7.53. The Morgan fingerprint density at radius 1 is 1.29 bits per heavy atom. The van der Waals surface area contributed by atoms with E-state index in [2.05, 4.69) is 9.88 Å². The molecule has 2 saturated heterocycles. The van der Waals surface area contributed by atoms with Crippen LogP contribution in [0.4, 0.5) is 0 Å². The first-order chi connectivity index (χ1) is 13.4. The second-order valence-corrected chi connectivity index (χ2v) is 9.75. The van der Waals surface area contributed by atoms with Crippen molar-refractivity contribution in [3.05, 3.63) is 30.0 Å². The van der Waals surface area contributed by atoms with Crippen LogP contribution in [0.5, 0.6) is 5.75 Å². The average molecular weight is 407 g/mol. The van der Waals surface area contributed by atoms with E-state index < -0.39 is 21.8 Å². The maximum Gasteiger partial charge on any atom is 0.325 e. The maximum atomic E-state index is 12.1. The SMILES string of the molecule is COc1ccc2[nH]cc([C@@H](C(=O)O)N3CCN([C@@H]4CCS(=O)(=O)C4)CC3)c2c1. The number of nitrogens with one attached hydrogen (secondary N) is 1. The van der Waals surface area contributed by atoms with Gasteiger partial charge in [0.1, 0.15) is 11.8 Å². The normalized spacial score (nSPS) is 24.4. The van der Waals surface area contributed by atoms with Crippen molar-refractivity contribution >= 4 is 26.7 Å². The summed E-state index contributed by atoms with van der Waals surface area (Å²) >= 11 is 0. The number of piperazine rings is 1. The molecule has 0 unspecified atom stereocenters. The molecule has 3 heterocycles. The molecule has 0 bridgehead atoms. The van der Waals surface area contributed by atoms with Gasteiger partial charge in [-0.3, -0.25) is 14.6 Å². The molecule has 8 nitrogen and oxygen atoms in total. The highest BCUT2D eigenvalue weighted by atomic mass is 32.2. The topological polar surface area (TPSA) is 103 Å². The third-order valence-corrected chi connectivity index (χ3v) is 7.64. The molecule has 2 fully saturated rings. The minimum absolute atomic E-state index is 0.0628. The van der Waals surface area contributed by atoms with E-state index in [9.17, 15) is 18.3 Å². The summed E-state index contributed by atoms with van der Waals surface area (Å²) in [6, 6.07) is 4.89. The Kier molecular flexibility index (Phi) is 5.07. The molecule has 0 saturated carbocycles. The van der Waals surface area contributed by atoms with Crippen molar-refractivity contribution in [2.24, 2.45) is 0 Å². The van der Waals surface area contributed by atoms with Crippen LogP contribution in [0.25, 0.3) is 10.9 Å². The van der Waals surface area contributed by atoms with Crippen molar-refractivity contribution < 1.29 is 23.1 Å². The Hall–Kier alpha value is -2.10. The molecule has 2 aliphatic rings. The number of carbonyl (C=O) groups is 1. The van der Waals surface area contributed by atoms with Crippen LogP contribution >= 0.6 is 0 Å². The molecule has 152 valence electrons. The van der Waals surface area contributed by atoms with E-state index in [4.69, 9.17) is 4.74 Å². The molecule has 2 aromatic rings. The van der Waals surface area contributed by atoms with Crippen LogP contribution in [0.1, 0.15) is 18.0 Å². The summed E-state index contributed by atoms with van der Waals surface area (Å²) in [7, 11) is -1.33. The van der Waals surface area contributed by atoms with Crippen molar-refractivity contribution in [3.63, 3.8) is 0 Å². The number of hydrogen-bond acceptors (Lipinski definition) is 6. The lowest BCUT2D eigenvalue weighted by Crippen LogP contribution is -2.52. The van der Waals surface area contributed by atoms with Crippen LogP contribution < -0.4 is 4.74 Å². The van der Waals surface area contributed by atoms with Crippen molar-refractivity contribution in [1.29, 1.82) is 0 Å². The maximum absolute atomic E-state index is 12.1. The molecule has 9 heteroatoms. The van der Waals surface area contributed by atoms with Crippen LogP contribution in [-0.2, 0) is 14.6 Å². The van der Waals surface area contributed by atoms with Gasteiger partial charge in [-0.15, -0.1) is 0 Å². The lowest BCUT2D eigenvalue weighted by molar-refractivity contribution is -0.144. The highest BCUT2D eigenvalue weighted by molar-refractivity contribution is 7.91. The van der Waals surface area contributed by atoms with Gasteiger partial charge in [0.25, 0.3) is 0 Å². The molecule has 0 radical (unpaired) electrons. The van der Waals surface area contributed by atoms with E-state index >= 15 is 0 Å². The second kappa shape index (κ2) is 7.38. The number of benzene rings is 1. The Labute approximate surface area is 164 Å². The van der Waals surface area contributed by atoms with Crippen LogP contribution in [0.2, 0.25) is 0 Å². The third kappa shape index (κ3) is 3.61. The van der Waals surface area contributed by atoms with Crippen molar-refractivity contribution in [3.8, 4) is 5.75 Å². The zero-order valence-corrected chi connectivity index (χ0v) is 16.6. The van der Waals surface area contributed by atoms with E-state index in [1.807, 2.05) is 23.1 Å². The first-order valence-electron chi connectivity index (χ1n) is 9.44. The number of methoxy groups -OCH3 is 1. The van der Waals surface area contributed by atoms with Crippen LogP contribution in [0.3, 0.4) is 0 Å².